The van der Waals surface area contributed by atoms with Crippen LogP contribution in [0.4, 0.5) is 0 Å². The first-order valence-corrected chi connectivity index (χ1v) is 20.1. The van der Waals surface area contributed by atoms with Crippen LogP contribution in [0.15, 0.2) is 206 Å². The fourth-order valence-corrected chi connectivity index (χ4v) is 9.48. The van der Waals surface area contributed by atoms with Crippen molar-refractivity contribution in [1.82, 2.24) is 9.97 Å². The molecule has 2 nitrogen and oxygen atoms in total. The van der Waals surface area contributed by atoms with E-state index in [9.17, 15) is 0 Å². The van der Waals surface area contributed by atoms with Gasteiger partial charge in [0.2, 0.25) is 0 Å². The van der Waals surface area contributed by atoms with Crippen LogP contribution in [0.1, 0.15) is 0 Å². The van der Waals surface area contributed by atoms with Crippen LogP contribution in [0.25, 0.3) is 109 Å². The Morgan fingerprint density at radius 1 is 0.316 bits per heavy atom. The van der Waals surface area contributed by atoms with Crippen molar-refractivity contribution in [2.45, 2.75) is 0 Å². The van der Waals surface area contributed by atoms with Crippen LogP contribution in [0.3, 0.4) is 0 Å². The Labute approximate surface area is 335 Å². The third-order valence-corrected chi connectivity index (χ3v) is 12.3. The molecule has 0 atom stereocenters. The molecule has 0 unspecified atom stereocenters. The van der Waals surface area contributed by atoms with Gasteiger partial charge in [0.05, 0.1) is 11.4 Å². The zero-order valence-electron chi connectivity index (χ0n) is 30.9. The van der Waals surface area contributed by atoms with Crippen molar-refractivity contribution in [2.24, 2.45) is 0 Å². The minimum atomic E-state index is 0.692. The van der Waals surface area contributed by atoms with Crippen LogP contribution < -0.4 is 0 Å². The molecule has 57 heavy (non-hydrogen) atoms. The van der Waals surface area contributed by atoms with E-state index in [0.717, 1.165) is 50.3 Å². The van der Waals surface area contributed by atoms with E-state index in [4.69, 9.17) is 9.97 Å². The molecule has 11 rings (SSSR count). The molecule has 0 fully saturated rings. The molecular weight excluding hydrogens is 709 g/mol. The number of rotatable bonds is 6. The quantitative estimate of drug-likeness (QED) is 0.125. The number of fused-ring (bicyclic) bond motifs is 5. The van der Waals surface area contributed by atoms with Crippen LogP contribution in [0, 0.1) is 0 Å². The fourth-order valence-electron chi connectivity index (χ4n) is 8.38. The Morgan fingerprint density at radius 2 is 0.895 bits per heavy atom. The molecule has 0 saturated heterocycles. The van der Waals surface area contributed by atoms with Gasteiger partial charge in [0.1, 0.15) is 0 Å². The van der Waals surface area contributed by atoms with E-state index in [2.05, 4.69) is 206 Å². The number of nitrogens with zero attached hydrogens (tertiary/aromatic N) is 2. The molecule has 2 heterocycles. The highest BCUT2D eigenvalue weighted by molar-refractivity contribution is 7.22. The lowest BCUT2D eigenvalue weighted by atomic mass is 9.89. The first kappa shape index (κ1) is 33.2. The van der Waals surface area contributed by atoms with E-state index >= 15 is 0 Å². The largest absolute Gasteiger partial charge is 0.228 e. The molecule has 0 saturated carbocycles. The Balaban J connectivity index is 1.10. The van der Waals surface area contributed by atoms with Crippen molar-refractivity contribution < 1.29 is 0 Å². The second-order valence-electron chi connectivity index (χ2n) is 14.5. The molecule has 11 aromatic rings. The molecule has 0 N–H and O–H groups in total. The fraction of sp³-hybridized carbons (Fsp3) is 0. The summed E-state index contributed by atoms with van der Waals surface area (Å²) in [6.45, 7) is 0. The van der Waals surface area contributed by atoms with E-state index in [0.29, 0.717) is 5.82 Å². The van der Waals surface area contributed by atoms with Gasteiger partial charge in [0, 0.05) is 31.8 Å². The molecule has 0 aliphatic heterocycles. The lowest BCUT2D eigenvalue weighted by molar-refractivity contribution is 1.18. The molecule has 0 spiro atoms. The molecule has 0 radical (unpaired) electrons. The summed E-state index contributed by atoms with van der Waals surface area (Å²) in [7, 11) is 0. The number of hydrogen-bond acceptors (Lipinski definition) is 3. The second kappa shape index (κ2) is 13.8. The van der Waals surface area contributed by atoms with Crippen LogP contribution in [0.2, 0.25) is 0 Å². The van der Waals surface area contributed by atoms with Crippen LogP contribution in [0.5, 0.6) is 0 Å². The molecule has 0 aliphatic rings. The highest BCUT2D eigenvalue weighted by Crippen LogP contribution is 2.42. The maximum atomic E-state index is 5.37. The minimum Gasteiger partial charge on any atom is -0.228 e. The third-order valence-electron chi connectivity index (χ3n) is 11.1. The van der Waals surface area contributed by atoms with Crippen molar-refractivity contribution in [1.29, 1.82) is 0 Å². The summed E-state index contributed by atoms with van der Waals surface area (Å²) in [6, 6.07) is 73.9. The lowest BCUT2D eigenvalue weighted by Gasteiger charge is -2.15. The van der Waals surface area contributed by atoms with Gasteiger partial charge in [0.25, 0.3) is 0 Å². The average molecular weight is 743 g/mol. The highest BCUT2D eigenvalue weighted by Gasteiger charge is 2.18. The third kappa shape index (κ3) is 5.88. The maximum Gasteiger partial charge on any atom is 0.160 e. The molecule has 0 bridgehead atoms. The summed E-state index contributed by atoms with van der Waals surface area (Å²) in [5, 5.41) is 8.75. The number of aromatic nitrogens is 2. The van der Waals surface area contributed by atoms with Crippen LogP contribution >= 0.6 is 11.3 Å². The van der Waals surface area contributed by atoms with Gasteiger partial charge in [-0.05, 0) is 84.2 Å². The molecule has 0 amide bonds. The van der Waals surface area contributed by atoms with E-state index in [1.807, 2.05) is 11.3 Å². The van der Waals surface area contributed by atoms with Gasteiger partial charge in [-0.2, -0.15) is 0 Å². The second-order valence-corrected chi connectivity index (χ2v) is 15.6. The van der Waals surface area contributed by atoms with Crippen molar-refractivity contribution in [3.8, 4) is 66.6 Å². The van der Waals surface area contributed by atoms with Crippen LogP contribution in [-0.4, -0.2) is 9.97 Å². The van der Waals surface area contributed by atoms with Crippen molar-refractivity contribution in [3.63, 3.8) is 0 Å². The van der Waals surface area contributed by atoms with Gasteiger partial charge in [-0.3, -0.25) is 0 Å². The molecule has 3 heteroatoms. The van der Waals surface area contributed by atoms with Gasteiger partial charge in [-0.25, -0.2) is 9.97 Å². The summed E-state index contributed by atoms with van der Waals surface area (Å²) in [6.07, 6.45) is 0. The SMILES string of the molecule is c1ccc(-c2ccccc2-c2cc(-c3ccccc3-c3cc4ccccc4s3)nc(-c3ccc(-c4c5ccccc5cc5c4ccc4ccccc45)cc3)n2)cc1. The first-order valence-electron chi connectivity index (χ1n) is 19.3. The van der Waals surface area contributed by atoms with E-state index < -0.39 is 0 Å². The van der Waals surface area contributed by atoms with Gasteiger partial charge in [-0.1, -0.05) is 182 Å². The van der Waals surface area contributed by atoms with E-state index in [1.165, 1.54) is 52.8 Å². The summed E-state index contributed by atoms with van der Waals surface area (Å²) < 4.78 is 1.27. The van der Waals surface area contributed by atoms with Gasteiger partial charge in [-0.15, -0.1) is 11.3 Å². The summed E-state index contributed by atoms with van der Waals surface area (Å²) in [5.74, 6) is 0.692. The number of hydrogen-bond donors (Lipinski definition) is 0. The topological polar surface area (TPSA) is 25.8 Å². The molecule has 2 aromatic heterocycles. The van der Waals surface area contributed by atoms with Crippen molar-refractivity contribution in [3.05, 3.63) is 206 Å². The standard InChI is InChI=1S/C54H34N2S/c1-2-14-35(15-3-1)41-19-9-10-22-44(41)49-34-50(45-23-11-12-24-46(45)52-33-40-18-6-13-25-51(40)57-52)56-54(55-49)38-28-26-37(27-29-38)53-43-21-8-5-17-39(43)32-48-42-20-7-4-16-36(42)30-31-47(48)53/h1-34H. The monoisotopic (exact) mass is 742 g/mol. The first-order chi connectivity index (χ1) is 28.2. The van der Waals surface area contributed by atoms with E-state index in [-0.39, 0.29) is 0 Å². The molecular formula is C54H34N2S. The summed E-state index contributed by atoms with van der Waals surface area (Å²) in [5.41, 5.74) is 10.7. The minimum absolute atomic E-state index is 0.692. The number of benzene rings is 9. The average Bonchev–Trinajstić information content (AvgIpc) is 3.73. The smallest absolute Gasteiger partial charge is 0.160 e. The van der Waals surface area contributed by atoms with Crippen molar-refractivity contribution in [2.75, 3.05) is 0 Å². The summed E-state index contributed by atoms with van der Waals surface area (Å²) in [4.78, 5) is 11.9. The van der Waals surface area contributed by atoms with Gasteiger partial charge < -0.3 is 0 Å². The van der Waals surface area contributed by atoms with E-state index in [1.54, 1.807) is 0 Å². The lowest BCUT2D eigenvalue weighted by Crippen LogP contribution is -1.98. The Morgan fingerprint density at radius 3 is 1.65 bits per heavy atom. The zero-order chi connectivity index (χ0) is 37.7. The maximum absolute atomic E-state index is 5.37. The van der Waals surface area contributed by atoms with Crippen molar-refractivity contribution >= 4 is 53.7 Å². The Kier molecular flexibility index (Phi) is 8.04. The Hall–Kier alpha value is -7.20. The zero-order valence-corrected chi connectivity index (χ0v) is 31.7. The van der Waals surface area contributed by atoms with Gasteiger partial charge >= 0.3 is 0 Å². The normalized spacial score (nSPS) is 11.5. The highest BCUT2D eigenvalue weighted by atomic mass is 32.1. The number of thiophene rings is 1. The predicted octanol–water partition coefficient (Wildman–Crippen LogP) is 15.2. The van der Waals surface area contributed by atoms with Crippen LogP contribution in [-0.2, 0) is 0 Å². The van der Waals surface area contributed by atoms with Gasteiger partial charge in [0.15, 0.2) is 5.82 Å². The Bertz CT molecular complexity index is 3260. The summed E-state index contributed by atoms with van der Waals surface area (Å²) >= 11 is 1.82. The predicted molar refractivity (Wildman–Crippen MR) is 243 cm³/mol. The molecule has 9 aromatic carbocycles. The molecule has 266 valence electrons. The molecule has 0 aliphatic carbocycles.